The first-order valence-corrected chi connectivity index (χ1v) is 7.77. The van der Waals surface area contributed by atoms with E-state index in [0.717, 1.165) is 0 Å². The number of ketones is 1. The Morgan fingerprint density at radius 3 is 2.78 bits per heavy atom. The maximum absolute atomic E-state index is 13.0. The first-order chi connectivity index (χ1) is 10.9. The fraction of sp³-hybridized carbons (Fsp3) is 0.353. The molecule has 3 rings (SSSR count). The van der Waals surface area contributed by atoms with Crippen LogP contribution in [0.4, 0.5) is 5.69 Å². The van der Waals surface area contributed by atoms with Gasteiger partial charge in [-0.25, -0.2) is 0 Å². The number of rotatable bonds is 2. The smallest absolute Gasteiger partial charge is 0.311 e. The zero-order chi connectivity index (χ0) is 16.8. The molecule has 1 heterocycles. The molecule has 0 aromatic heterocycles. The molecular formula is C17H16ClNO4. The molecule has 2 unspecified atom stereocenters. The van der Waals surface area contributed by atoms with E-state index in [1.54, 1.807) is 38.2 Å². The van der Waals surface area contributed by atoms with Crippen LogP contribution in [0.5, 0.6) is 0 Å². The Bertz CT molecular complexity index is 742. The lowest BCUT2D eigenvalue weighted by molar-refractivity contribution is -0.156. The molecule has 1 aliphatic carbocycles. The molecule has 1 aliphatic heterocycles. The molecule has 0 radical (unpaired) electrons. The Hall–Kier alpha value is -2.14. The Morgan fingerprint density at radius 2 is 2.09 bits per heavy atom. The topological polar surface area (TPSA) is 63.7 Å². The van der Waals surface area contributed by atoms with Crippen molar-refractivity contribution in [3.05, 3.63) is 40.9 Å². The fourth-order valence-electron chi connectivity index (χ4n) is 3.50. The molecule has 0 fully saturated rings. The van der Waals surface area contributed by atoms with Gasteiger partial charge in [0.1, 0.15) is 0 Å². The van der Waals surface area contributed by atoms with Crippen LogP contribution in [0.3, 0.4) is 0 Å². The van der Waals surface area contributed by atoms with Gasteiger partial charge in [-0.15, -0.1) is 0 Å². The van der Waals surface area contributed by atoms with Crippen LogP contribution in [-0.4, -0.2) is 31.3 Å². The van der Waals surface area contributed by atoms with Crippen LogP contribution in [-0.2, 0) is 24.5 Å². The Morgan fingerprint density at radius 1 is 1.39 bits per heavy atom. The van der Waals surface area contributed by atoms with E-state index in [2.05, 4.69) is 0 Å². The molecule has 5 nitrogen and oxygen atoms in total. The van der Waals surface area contributed by atoms with E-state index in [0.29, 0.717) is 11.3 Å². The summed E-state index contributed by atoms with van der Waals surface area (Å²) in [6, 6.07) is 7.02. The van der Waals surface area contributed by atoms with Gasteiger partial charge in [0.15, 0.2) is 11.2 Å². The highest BCUT2D eigenvalue weighted by molar-refractivity contribution is 6.35. The number of carbonyl (C=O) groups excluding carboxylic acids is 3. The summed E-state index contributed by atoms with van der Waals surface area (Å²) in [5.41, 5.74) is -0.404. The van der Waals surface area contributed by atoms with Gasteiger partial charge in [-0.1, -0.05) is 29.8 Å². The van der Waals surface area contributed by atoms with Crippen molar-refractivity contribution in [1.29, 1.82) is 0 Å². The molecule has 2 aliphatic rings. The van der Waals surface area contributed by atoms with Crippen LogP contribution < -0.4 is 4.90 Å². The molecule has 0 bridgehead atoms. The molecule has 1 amide bonds. The van der Waals surface area contributed by atoms with E-state index >= 15 is 0 Å². The normalized spacial score (nSPS) is 26.3. The zero-order valence-corrected chi connectivity index (χ0v) is 13.6. The second-order valence-corrected chi connectivity index (χ2v) is 6.14. The number of hydrogen-bond donors (Lipinski definition) is 0. The number of para-hydroxylation sites is 1. The molecule has 1 aromatic carbocycles. The number of fused-ring (bicyclic) bond motifs is 2. The molecular weight excluding hydrogens is 318 g/mol. The molecule has 23 heavy (non-hydrogen) atoms. The summed E-state index contributed by atoms with van der Waals surface area (Å²) in [7, 11) is 1.60. The summed E-state index contributed by atoms with van der Waals surface area (Å²) in [4.78, 5) is 39.8. The zero-order valence-electron chi connectivity index (χ0n) is 12.8. The van der Waals surface area contributed by atoms with Crippen molar-refractivity contribution in [2.75, 3.05) is 18.6 Å². The Balaban J connectivity index is 2.26. The lowest BCUT2D eigenvalue weighted by Gasteiger charge is -2.35. The number of carbonyl (C=O) groups is 3. The number of hydrogen-bond acceptors (Lipinski definition) is 4. The number of halogens is 1. The lowest BCUT2D eigenvalue weighted by Crippen LogP contribution is -2.54. The third kappa shape index (κ3) is 2.03. The first kappa shape index (κ1) is 15.7. The third-order valence-electron chi connectivity index (χ3n) is 4.50. The van der Waals surface area contributed by atoms with E-state index in [1.165, 1.54) is 11.0 Å². The maximum Gasteiger partial charge on any atom is 0.311 e. The second-order valence-electron chi connectivity index (χ2n) is 5.65. The summed E-state index contributed by atoms with van der Waals surface area (Å²) in [6.07, 6.45) is 1.37. The number of benzene rings is 1. The summed E-state index contributed by atoms with van der Waals surface area (Å²) < 4.78 is 5.12. The van der Waals surface area contributed by atoms with E-state index in [9.17, 15) is 14.4 Å². The molecule has 0 N–H and O–H groups in total. The van der Waals surface area contributed by atoms with Gasteiger partial charge in [-0.05, 0) is 25.5 Å². The van der Waals surface area contributed by atoms with Crippen LogP contribution in [0.15, 0.2) is 35.4 Å². The van der Waals surface area contributed by atoms with Crippen molar-refractivity contribution in [3.8, 4) is 0 Å². The van der Waals surface area contributed by atoms with E-state index in [1.807, 2.05) is 0 Å². The first-order valence-electron chi connectivity index (χ1n) is 7.39. The maximum atomic E-state index is 13.0. The van der Waals surface area contributed by atoms with Gasteiger partial charge in [-0.3, -0.25) is 14.4 Å². The highest BCUT2D eigenvalue weighted by Crippen LogP contribution is 2.51. The van der Waals surface area contributed by atoms with E-state index < -0.39 is 29.0 Å². The van der Waals surface area contributed by atoms with Crippen LogP contribution in [0, 0.1) is 5.92 Å². The number of esters is 1. The average molecular weight is 334 g/mol. The molecule has 6 heteroatoms. The molecule has 1 spiro atoms. The Labute approximate surface area is 138 Å². The number of allylic oxidation sites excluding steroid dienone is 2. The van der Waals surface area contributed by atoms with Crippen molar-refractivity contribution >= 4 is 34.9 Å². The average Bonchev–Trinajstić information content (AvgIpc) is 2.74. The fourth-order valence-corrected chi connectivity index (χ4v) is 3.75. The summed E-state index contributed by atoms with van der Waals surface area (Å²) >= 11 is 6.03. The highest BCUT2D eigenvalue weighted by atomic mass is 35.5. The molecule has 0 saturated carbocycles. The number of ether oxygens (including phenoxy) is 1. The number of nitrogens with zero attached hydrogens (tertiary/aromatic N) is 1. The molecule has 120 valence electrons. The predicted molar refractivity (Wildman–Crippen MR) is 85.2 cm³/mol. The van der Waals surface area contributed by atoms with Crippen molar-refractivity contribution < 1.29 is 19.1 Å². The highest BCUT2D eigenvalue weighted by Gasteiger charge is 2.63. The minimum Gasteiger partial charge on any atom is -0.466 e. The lowest BCUT2D eigenvalue weighted by atomic mass is 9.64. The number of likely N-dealkylation sites (N-methyl/N-ethyl adjacent to an activating group) is 1. The van der Waals surface area contributed by atoms with Crippen LogP contribution >= 0.6 is 11.6 Å². The summed E-state index contributed by atoms with van der Waals surface area (Å²) in [6.45, 7) is 1.86. The summed E-state index contributed by atoms with van der Waals surface area (Å²) in [5.74, 6) is -2.41. The standard InChI is InChI=1S/C17H16ClNO4/c1-3-23-15(21)12-8-10(18)9-14(20)17(12)11-6-4-5-7-13(11)19(2)16(17)22/h4-7,9,12H,3,8H2,1-2H3. The SMILES string of the molecule is CCOC(=O)C1CC(Cl)=CC(=O)C12C(=O)N(C)c1ccccc12. The minimum absolute atomic E-state index is 0.111. The molecule has 1 aromatic rings. The van der Waals surface area contributed by atoms with Gasteiger partial charge in [0.25, 0.3) is 0 Å². The van der Waals surface area contributed by atoms with Crippen LogP contribution in [0.1, 0.15) is 18.9 Å². The van der Waals surface area contributed by atoms with Crippen LogP contribution in [0.2, 0.25) is 0 Å². The summed E-state index contributed by atoms with van der Waals surface area (Å²) in [5, 5.41) is 0.263. The van der Waals surface area contributed by atoms with E-state index in [-0.39, 0.29) is 18.1 Å². The molecule has 0 saturated heterocycles. The van der Waals surface area contributed by atoms with Gasteiger partial charge in [0.2, 0.25) is 5.91 Å². The Kier molecular flexibility index (Phi) is 3.76. The van der Waals surface area contributed by atoms with Crippen molar-refractivity contribution in [3.63, 3.8) is 0 Å². The van der Waals surface area contributed by atoms with Gasteiger partial charge >= 0.3 is 5.97 Å². The quantitative estimate of drug-likeness (QED) is 0.614. The molecule has 2 atom stereocenters. The minimum atomic E-state index is -1.57. The van der Waals surface area contributed by atoms with Crippen molar-refractivity contribution in [2.24, 2.45) is 5.92 Å². The number of anilines is 1. The van der Waals surface area contributed by atoms with Gasteiger partial charge in [-0.2, -0.15) is 0 Å². The van der Waals surface area contributed by atoms with E-state index in [4.69, 9.17) is 16.3 Å². The predicted octanol–water partition coefficient (Wildman–Crippen LogP) is 2.18. The third-order valence-corrected chi connectivity index (χ3v) is 4.76. The van der Waals surface area contributed by atoms with Gasteiger partial charge in [0.05, 0.1) is 12.5 Å². The van der Waals surface area contributed by atoms with Gasteiger partial charge in [0, 0.05) is 23.3 Å². The van der Waals surface area contributed by atoms with Crippen molar-refractivity contribution in [1.82, 2.24) is 0 Å². The number of amides is 1. The van der Waals surface area contributed by atoms with Crippen molar-refractivity contribution in [2.45, 2.75) is 18.8 Å². The van der Waals surface area contributed by atoms with Crippen LogP contribution in [0.25, 0.3) is 0 Å². The van der Waals surface area contributed by atoms with Gasteiger partial charge < -0.3 is 9.64 Å². The second kappa shape index (κ2) is 5.49. The monoisotopic (exact) mass is 333 g/mol. The largest absolute Gasteiger partial charge is 0.466 e.